The molecule has 1 aromatic rings. The summed E-state index contributed by atoms with van der Waals surface area (Å²) in [5, 5.41) is 9.51. The number of carbonyl (C=O) groups excluding carboxylic acids is 1. The van der Waals surface area contributed by atoms with Gasteiger partial charge in [-0.1, -0.05) is 23.8 Å². The summed E-state index contributed by atoms with van der Waals surface area (Å²) in [5.74, 6) is -0.122. The van der Waals surface area contributed by atoms with Crippen LogP contribution in [0.4, 0.5) is 5.69 Å². The molecule has 88 valence electrons. The zero-order valence-electron chi connectivity index (χ0n) is 9.01. The van der Waals surface area contributed by atoms with Gasteiger partial charge in [-0.25, -0.2) is 0 Å². The summed E-state index contributed by atoms with van der Waals surface area (Å²) < 4.78 is 0. The normalized spacial score (nSPS) is 15.7. The highest BCUT2D eigenvalue weighted by Crippen LogP contribution is 2.33. The first-order valence-corrected chi connectivity index (χ1v) is 7.04. The SMILES string of the molecule is O=C(C=C[SH]1C=CC=C1)Nc1ccc(Cl)cc1. The quantitative estimate of drug-likeness (QED) is 0.631. The number of nitrogens with one attached hydrogen (secondary N) is 1. The molecular formula is C13H12ClNOS. The van der Waals surface area contributed by atoms with Crippen LogP contribution in [0.5, 0.6) is 0 Å². The second-order valence-corrected chi connectivity index (χ2v) is 5.67. The molecule has 0 saturated carbocycles. The van der Waals surface area contributed by atoms with Crippen molar-refractivity contribution in [1.29, 1.82) is 0 Å². The molecule has 1 heterocycles. The van der Waals surface area contributed by atoms with Crippen molar-refractivity contribution < 1.29 is 4.79 Å². The fourth-order valence-corrected chi connectivity index (χ4v) is 2.65. The van der Waals surface area contributed by atoms with Crippen molar-refractivity contribution in [3.8, 4) is 0 Å². The monoisotopic (exact) mass is 265 g/mol. The molecule has 0 unspecified atom stereocenters. The molecule has 0 spiro atoms. The highest BCUT2D eigenvalue weighted by Gasteiger charge is 1.99. The number of benzene rings is 1. The number of amides is 1. The van der Waals surface area contributed by atoms with E-state index in [0.717, 1.165) is 5.69 Å². The van der Waals surface area contributed by atoms with E-state index in [4.69, 9.17) is 11.6 Å². The average Bonchev–Trinajstić information content (AvgIpc) is 2.83. The van der Waals surface area contributed by atoms with Crippen LogP contribution >= 0.6 is 22.5 Å². The maximum absolute atomic E-state index is 11.6. The molecule has 1 N–H and O–H groups in total. The van der Waals surface area contributed by atoms with E-state index in [1.807, 2.05) is 17.6 Å². The van der Waals surface area contributed by atoms with E-state index in [1.165, 1.54) is 0 Å². The molecule has 1 aromatic carbocycles. The van der Waals surface area contributed by atoms with Crippen LogP contribution in [0.1, 0.15) is 0 Å². The van der Waals surface area contributed by atoms with Crippen LogP contribution in [-0.4, -0.2) is 5.91 Å². The number of carbonyl (C=O) groups is 1. The smallest absolute Gasteiger partial charge is 0.248 e. The second-order valence-electron chi connectivity index (χ2n) is 3.44. The highest BCUT2D eigenvalue weighted by atomic mass is 35.5. The Bertz CT molecular complexity index is 479. The summed E-state index contributed by atoms with van der Waals surface area (Å²) in [4.78, 5) is 11.6. The molecule has 2 nitrogen and oxygen atoms in total. The van der Waals surface area contributed by atoms with Crippen LogP contribution in [0.25, 0.3) is 0 Å². The van der Waals surface area contributed by atoms with E-state index in [-0.39, 0.29) is 16.8 Å². The van der Waals surface area contributed by atoms with Crippen LogP contribution in [0.2, 0.25) is 5.02 Å². The van der Waals surface area contributed by atoms with Crippen LogP contribution in [0.3, 0.4) is 0 Å². The molecule has 0 bridgehead atoms. The third-order valence-electron chi connectivity index (χ3n) is 2.14. The van der Waals surface area contributed by atoms with Gasteiger partial charge >= 0.3 is 0 Å². The first-order valence-electron chi connectivity index (χ1n) is 5.11. The number of hydrogen-bond acceptors (Lipinski definition) is 1. The van der Waals surface area contributed by atoms with Gasteiger partial charge in [0.15, 0.2) is 0 Å². The standard InChI is InChI=1S/C13H12ClNOS/c14-11-3-5-12(6-4-11)15-13(16)7-10-17-8-1-2-9-17/h1-10,17H,(H,15,16). The fraction of sp³-hybridized carbons (Fsp3) is 0. The van der Waals surface area contributed by atoms with Crippen LogP contribution in [0.15, 0.2) is 58.7 Å². The van der Waals surface area contributed by atoms with Gasteiger partial charge in [0.05, 0.1) is 0 Å². The minimum Gasteiger partial charge on any atom is -0.322 e. The third-order valence-corrected chi connectivity index (χ3v) is 3.92. The molecule has 2 rings (SSSR count). The van der Waals surface area contributed by atoms with Crippen molar-refractivity contribution in [1.82, 2.24) is 0 Å². The lowest BCUT2D eigenvalue weighted by atomic mass is 10.3. The lowest BCUT2D eigenvalue weighted by molar-refractivity contribution is -0.111. The van der Waals surface area contributed by atoms with E-state index >= 15 is 0 Å². The van der Waals surface area contributed by atoms with Gasteiger partial charge in [-0.2, -0.15) is 10.9 Å². The summed E-state index contributed by atoms with van der Waals surface area (Å²) in [6.07, 6.45) is 5.56. The Labute approximate surface area is 108 Å². The maximum atomic E-state index is 11.6. The number of allylic oxidation sites excluding steroid dienone is 2. The average molecular weight is 266 g/mol. The summed E-state index contributed by atoms with van der Waals surface area (Å²) in [5.41, 5.74) is 0.745. The highest BCUT2D eigenvalue weighted by molar-refractivity contribution is 8.24. The molecule has 0 saturated heterocycles. The van der Waals surface area contributed by atoms with E-state index in [9.17, 15) is 4.79 Å². The summed E-state index contributed by atoms with van der Waals surface area (Å²) in [7, 11) is -0.381. The van der Waals surface area contributed by atoms with Gasteiger partial charge in [-0.05, 0) is 40.5 Å². The second kappa shape index (κ2) is 5.75. The topological polar surface area (TPSA) is 29.1 Å². The predicted octanol–water partition coefficient (Wildman–Crippen LogP) is 3.83. The lowest BCUT2D eigenvalue weighted by Crippen LogP contribution is -2.07. The third kappa shape index (κ3) is 3.80. The summed E-state index contributed by atoms with van der Waals surface area (Å²) in [6, 6.07) is 7.03. The minimum absolute atomic E-state index is 0.122. The molecule has 0 fully saturated rings. The molecule has 1 aliphatic heterocycles. The van der Waals surface area contributed by atoms with E-state index in [1.54, 1.807) is 30.3 Å². The van der Waals surface area contributed by atoms with Gasteiger partial charge in [0.1, 0.15) is 0 Å². The first kappa shape index (κ1) is 12.0. The molecule has 1 aliphatic rings. The van der Waals surface area contributed by atoms with Crippen LogP contribution < -0.4 is 5.32 Å². The number of thiol groups is 1. The van der Waals surface area contributed by atoms with E-state index in [0.29, 0.717) is 5.02 Å². The largest absolute Gasteiger partial charge is 0.322 e. The molecule has 0 aromatic heterocycles. The molecule has 1 amide bonds. The van der Waals surface area contributed by atoms with Crippen molar-refractivity contribution in [2.24, 2.45) is 0 Å². The molecule has 17 heavy (non-hydrogen) atoms. The van der Waals surface area contributed by atoms with Crippen molar-refractivity contribution in [2.45, 2.75) is 0 Å². The van der Waals surface area contributed by atoms with Crippen LogP contribution in [0, 0.1) is 0 Å². The van der Waals surface area contributed by atoms with E-state index < -0.39 is 0 Å². The lowest BCUT2D eigenvalue weighted by Gasteiger charge is -2.03. The van der Waals surface area contributed by atoms with Crippen molar-refractivity contribution >= 4 is 34.1 Å². The number of halogens is 1. The molecule has 0 atom stereocenters. The first-order chi connectivity index (χ1) is 8.24. The molecule has 4 heteroatoms. The van der Waals surface area contributed by atoms with Crippen LogP contribution in [-0.2, 0) is 4.79 Å². The molecule has 0 radical (unpaired) electrons. The van der Waals surface area contributed by atoms with Gasteiger partial charge < -0.3 is 5.32 Å². The Morgan fingerprint density at radius 1 is 1.18 bits per heavy atom. The Balaban J connectivity index is 1.90. The zero-order chi connectivity index (χ0) is 12.1. The number of rotatable bonds is 3. The zero-order valence-corrected chi connectivity index (χ0v) is 10.7. The van der Waals surface area contributed by atoms with Gasteiger partial charge in [0.25, 0.3) is 0 Å². The Morgan fingerprint density at radius 2 is 1.82 bits per heavy atom. The Kier molecular flexibility index (Phi) is 4.07. The summed E-state index contributed by atoms with van der Waals surface area (Å²) >= 11 is 5.76. The maximum Gasteiger partial charge on any atom is 0.248 e. The number of hydrogen-bond donors (Lipinski definition) is 2. The van der Waals surface area contributed by atoms with Crippen molar-refractivity contribution in [3.05, 3.63) is 63.7 Å². The van der Waals surface area contributed by atoms with Crippen molar-refractivity contribution in [2.75, 3.05) is 5.32 Å². The molecular weight excluding hydrogens is 254 g/mol. The summed E-state index contributed by atoms with van der Waals surface area (Å²) in [6.45, 7) is 0. The van der Waals surface area contributed by atoms with Crippen molar-refractivity contribution in [3.63, 3.8) is 0 Å². The van der Waals surface area contributed by atoms with E-state index in [2.05, 4.69) is 16.1 Å². The Morgan fingerprint density at radius 3 is 2.47 bits per heavy atom. The fourth-order valence-electron chi connectivity index (χ4n) is 1.32. The van der Waals surface area contributed by atoms with Gasteiger partial charge in [-0.3, -0.25) is 4.79 Å². The molecule has 0 aliphatic carbocycles. The van der Waals surface area contributed by atoms with Gasteiger partial charge in [-0.15, -0.1) is 0 Å². The number of anilines is 1. The predicted molar refractivity (Wildman–Crippen MR) is 76.5 cm³/mol. The van der Waals surface area contributed by atoms with Gasteiger partial charge in [0.2, 0.25) is 5.91 Å². The minimum atomic E-state index is -0.381. The van der Waals surface area contributed by atoms with Gasteiger partial charge in [0, 0.05) is 16.8 Å². The Hall–Kier alpha value is -1.45.